The Bertz CT molecular complexity index is 529. The van der Waals surface area contributed by atoms with Crippen molar-refractivity contribution in [2.75, 3.05) is 0 Å². The van der Waals surface area contributed by atoms with Crippen LogP contribution in [-0.4, -0.2) is 14.8 Å². The van der Waals surface area contributed by atoms with Gasteiger partial charge in [0.15, 0.2) is 5.82 Å². The van der Waals surface area contributed by atoms with Gasteiger partial charge in [-0.1, -0.05) is 22.0 Å². The Balaban J connectivity index is 2.13. The number of halogens is 1. The molecule has 1 heterocycles. The van der Waals surface area contributed by atoms with Gasteiger partial charge in [-0.15, -0.1) is 10.2 Å². The van der Waals surface area contributed by atoms with Crippen LogP contribution in [0.2, 0.25) is 0 Å². The highest BCUT2D eigenvalue weighted by Gasteiger charge is 2.26. The van der Waals surface area contributed by atoms with Crippen LogP contribution in [0.1, 0.15) is 24.4 Å². The van der Waals surface area contributed by atoms with E-state index in [2.05, 4.69) is 55.8 Å². The number of hydrogen-bond donors (Lipinski definition) is 0. The molecule has 0 unspecified atom stereocenters. The molecule has 4 heteroatoms. The first-order valence-corrected chi connectivity index (χ1v) is 6.21. The van der Waals surface area contributed by atoms with E-state index in [4.69, 9.17) is 0 Å². The summed E-state index contributed by atoms with van der Waals surface area (Å²) in [6.07, 6.45) is 4.34. The van der Waals surface area contributed by atoms with Crippen molar-refractivity contribution in [3.8, 4) is 11.4 Å². The second-order valence-corrected chi connectivity index (χ2v) is 5.17. The highest BCUT2D eigenvalue weighted by atomic mass is 79.9. The predicted molar refractivity (Wildman–Crippen MR) is 66.2 cm³/mol. The second kappa shape index (κ2) is 3.70. The summed E-state index contributed by atoms with van der Waals surface area (Å²) >= 11 is 3.50. The van der Waals surface area contributed by atoms with Gasteiger partial charge >= 0.3 is 0 Å². The molecule has 3 rings (SSSR count). The fraction of sp³-hybridized carbons (Fsp3) is 0.333. The molecule has 1 aromatic carbocycles. The van der Waals surface area contributed by atoms with Crippen LogP contribution in [0.15, 0.2) is 29.0 Å². The van der Waals surface area contributed by atoms with Gasteiger partial charge in [0.2, 0.25) is 0 Å². The molecule has 0 saturated heterocycles. The Kier molecular flexibility index (Phi) is 2.32. The van der Waals surface area contributed by atoms with Crippen LogP contribution in [0.25, 0.3) is 11.4 Å². The van der Waals surface area contributed by atoms with Gasteiger partial charge in [-0.05, 0) is 37.5 Å². The van der Waals surface area contributed by atoms with E-state index < -0.39 is 0 Å². The van der Waals surface area contributed by atoms with Gasteiger partial charge in [0.05, 0.1) is 0 Å². The van der Waals surface area contributed by atoms with Gasteiger partial charge in [-0.25, -0.2) is 0 Å². The van der Waals surface area contributed by atoms with Crippen molar-refractivity contribution in [3.63, 3.8) is 0 Å². The molecular formula is C12H12BrN3. The Morgan fingerprint density at radius 3 is 2.94 bits per heavy atom. The summed E-state index contributed by atoms with van der Waals surface area (Å²) in [6.45, 7) is 2.10. The molecule has 1 aliphatic rings. The van der Waals surface area contributed by atoms with Crippen molar-refractivity contribution in [1.29, 1.82) is 0 Å². The summed E-state index contributed by atoms with van der Waals surface area (Å²) in [5.74, 6) is 0.987. The fourth-order valence-electron chi connectivity index (χ4n) is 1.89. The Hall–Kier alpha value is -1.16. The quantitative estimate of drug-likeness (QED) is 0.843. The Morgan fingerprint density at radius 2 is 2.19 bits per heavy atom. The number of aryl methyl sites for hydroxylation is 1. The molecule has 3 nitrogen and oxygen atoms in total. The van der Waals surface area contributed by atoms with E-state index in [1.807, 2.05) is 6.33 Å². The zero-order valence-corrected chi connectivity index (χ0v) is 10.6. The summed E-state index contributed by atoms with van der Waals surface area (Å²) < 4.78 is 3.27. The smallest absolute Gasteiger partial charge is 0.164 e. The Labute approximate surface area is 103 Å². The molecular weight excluding hydrogens is 266 g/mol. The van der Waals surface area contributed by atoms with Crippen LogP contribution in [0.5, 0.6) is 0 Å². The SMILES string of the molecule is Cc1ccc(Br)cc1-c1nncn1C1CC1. The van der Waals surface area contributed by atoms with Crippen molar-refractivity contribution in [2.24, 2.45) is 0 Å². The number of rotatable bonds is 2. The zero-order chi connectivity index (χ0) is 11.1. The maximum Gasteiger partial charge on any atom is 0.164 e. The third-order valence-electron chi connectivity index (χ3n) is 2.95. The third kappa shape index (κ3) is 1.67. The first kappa shape index (κ1) is 10.0. The van der Waals surface area contributed by atoms with Gasteiger partial charge in [0.1, 0.15) is 6.33 Å². The third-order valence-corrected chi connectivity index (χ3v) is 3.45. The number of aromatic nitrogens is 3. The van der Waals surface area contributed by atoms with Crippen LogP contribution in [0.4, 0.5) is 0 Å². The highest BCUT2D eigenvalue weighted by molar-refractivity contribution is 9.10. The van der Waals surface area contributed by atoms with Crippen molar-refractivity contribution in [3.05, 3.63) is 34.6 Å². The van der Waals surface area contributed by atoms with Crippen molar-refractivity contribution in [1.82, 2.24) is 14.8 Å². The van der Waals surface area contributed by atoms with Crippen molar-refractivity contribution in [2.45, 2.75) is 25.8 Å². The number of benzene rings is 1. The minimum Gasteiger partial charge on any atom is -0.310 e. The molecule has 0 N–H and O–H groups in total. The molecule has 0 bridgehead atoms. The second-order valence-electron chi connectivity index (χ2n) is 4.25. The average molecular weight is 278 g/mol. The highest BCUT2D eigenvalue weighted by Crippen LogP contribution is 2.38. The van der Waals surface area contributed by atoms with Crippen LogP contribution in [0.3, 0.4) is 0 Å². The monoisotopic (exact) mass is 277 g/mol. The van der Waals surface area contributed by atoms with Crippen LogP contribution >= 0.6 is 15.9 Å². The van der Waals surface area contributed by atoms with Gasteiger partial charge < -0.3 is 4.57 Å². The molecule has 1 saturated carbocycles. The van der Waals surface area contributed by atoms with Gasteiger partial charge in [0.25, 0.3) is 0 Å². The molecule has 0 spiro atoms. The van der Waals surface area contributed by atoms with Crippen molar-refractivity contribution < 1.29 is 0 Å². The van der Waals surface area contributed by atoms with Crippen LogP contribution < -0.4 is 0 Å². The summed E-state index contributed by atoms with van der Waals surface area (Å²) in [4.78, 5) is 0. The minimum atomic E-state index is 0.614. The van der Waals surface area contributed by atoms with E-state index in [1.165, 1.54) is 24.0 Å². The number of hydrogen-bond acceptors (Lipinski definition) is 2. The van der Waals surface area contributed by atoms with E-state index in [-0.39, 0.29) is 0 Å². The maximum absolute atomic E-state index is 4.24. The lowest BCUT2D eigenvalue weighted by atomic mass is 10.1. The van der Waals surface area contributed by atoms with E-state index in [0.717, 1.165) is 10.3 Å². The summed E-state index contributed by atoms with van der Waals surface area (Å²) in [5.41, 5.74) is 2.40. The standard InChI is InChI=1S/C12H12BrN3/c1-8-2-3-9(13)6-11(8)12-15-14-7-16(12)10-4-5-10/h2-3,6-7,10H,4-5H2,1H3. The first-order valence-electron chi connectivity index (χ1n) is 5.42. The molecule has 2 aromatic rings. The van der Waals surface area contributed by atoms with E-state index in [1.54, 1.807) is 0 Å². The van der Waals surface area contributed by atoms with Crippen LogP contribution in [-0.2, 0) is 0 Å². The maximum atomic E-state index is 4.24. The summed E-state index contributed by atoms with van der Waals surface area (Å²) in [7, 11) is 0. The van der Waals surface area contributed by atoms with Gasteiger partial charge in [-0.2, -0.15) is 0 Å². The fourth-order valence-corrected chi connectivity index (χ4v) is 2.25. The molecule has 0 aliphatic heterocycles. The molecule has 0 amide bonds. The largest absolute Gasteiger partial charge is 0.310 e. The molecule has 0 atom stereocenters. The zero-order valence-electron chi connectivity index (χ0n) is 9.02. The molecule has 82 valence electrons. The number of nitrogens with zero attached hydrogens (tertiary/aromatic N) is 3. The minimum absolute atomic E-state index is 0.614. The molecule has 0 radical (unpaired) electrons. The van der Waals surface area contributed by atoms with Gasteiger partial charge in [-0.3, -0.25) is 0 Å². The average Bonchev–Trinajstić information content (AvgIpc) is 3.01. The molecule has 16 heavy (non-hydrogen) atoms. The van der Waals surface area contributed by atoms with E-state index in [9.17, 15) is 0 Å². The lowest BCUT2D eigenvalue weighted by Gasteiger charge is -2.07. The molecule has 1 fully saturated rings. The van der Waals surface area contributed by atoms with Gasteiger partial charge in [0, 0.05) is 16.1 Å². The Morgan fingerprint density at radius 1 is 1.38 bits per heavy atom. The summed E-state index contributed by atoms with van der Waals surface area (Å²) in [5, 5.41) is 8.27. The van der Waals surface area contributed by atoms with E-state index >= 15 is 0 Å². The lowest BCUT2D eigenvalue weighted by molar-refractivity contribution is 0.745. The topological polar surface area (TPSA) is 30.7 Å². The first-order chi connectivity index (χ1) is 7.75. The summed E-state index contributed by atoms with van der Waals surface area (Å²) in [6, 6.07) is 6.88. The van der Waals surface area contributed by atoms with Crippen LogP contribution in [0, 0.1) is 6.92 Å². The normalized spacial score (nSPS) is 15.4. The molecule has 1 aliphatic carbocycles. The molecule has 1 aromatic heterocycles. The van der Waals surface area contributed by atoms with Crippen molar-refractivity contribution >= 4 is 15.9 Å². The predicted octanol–water partition coefficient (Wildman–Crippen LogP) is 3.35. The lowest BCUT2D eigenvalue weighted by Crippen LogP contribution is -1.97. The van der Waals surface area contributed by atoms with E-state index in [0.29, 0.717) is 6.04 Å².